The minimum Gasteiger partial charge on any atom is -0.480 e. The van der Waals surface area contributed by atoms with Gasteiger partial charge in [0, 0.05) is 13.0 Å². The number of benzene rings is 2. The lowest BCUT2D eigenvalue weighted by Gasteiger charge is -2.35. The Morgan fingerprint density at radius 1 is 1.06 bits per heavy atom. The molecule has 7 heteroatoms. The highest BCUT2D eigenvalue weighted by atomic mass is 16.5. The lowest BCUT2D eigenvalue weighted by molar-refractivity contribution is -0.156. The predicted octanol–water partition coefficient (Wildman–Crippen LogP) is 4.65. The number of likely N-dealkylation sites (N-methyl/N-ethyl adjacent to an activating group) is 1. The van der Waals surface area contributed by atoms with Gasteiger partial charge in [0.15, 0.2) is 0 Å². The summed E-state index contributed by atoms with van der Waals surface area (Å²) in [5, 5.41) is 12.2. The molecular weight excluding hydrogens is 432 g/mol. The molecule has 1 aliphatic carbocycles. The first kappa shape index (κ1) is 25.3. The van der Waals surface area contributed by atoms with Crippen molar-refractivity contribution in [1.82, 2.24) is 10.2 Å². The van der Waals surface area contributed by atoms with E-state index >= 15 is 0 Å². The van der Waals surface area contributed by atoms with Gasteiger partial charge in [0.1, 0.15) is 18.2 Å². The Labute approximate surface area is 201 Å². The average molecular weight is 467 g/mol. The minimum absolute atomic E-state index is 0.0875. The number of amides is 2. The van der Waals surface area contributed by atoms with Crippen molar-refractivity contribution in [2.45, 2.75) is 58.0 Å². The van der Waals surface area contributed by atoms with E-state index in [0.717, 1.165) is 28.7 Å². The smallest absolute Gasteiger partial charge is 0.407 e. The monoisotopic (exact) mass is 466 g/mol. The summed E-state index contributed by atoms with van der Waals surface area (Å²) in [6.07, 6.45) is 0.520. The summed E-state index contributed by atoms with van der Waals surface area (Å²) < 4.78 is 5.61. The van der Waals surface area contributed by atoms with E-state index < -0.39 is 29.6 Å². The Morgan fingerprint density at radius 3 is 2.09 bits per heavy atom. The molecule has 7 nitrogen and oxygen atoms in total. The molecule has 0 saturated heterocycles. The molecule has 0 spiro atoms. The van der Waals surface area contributed by atoms with E-state index in [4.69, 9.17) is 4.74 Å². The molecule has 3 rings (SSSR count). The second-order valence-electron chi connectivity index (χ2n) is 9.53. The maximum atomic E-state index is 13.2. The third-order valence-electron chi connectivity index (χ3n) is 6.96. The molecule has 0 heterocycles. The van der Waals surface area contributed by atoms with E-state index in [1.54, 1.807) is 0 Å². The fourth-order valence-corrected chi connectivity index (χ4v) is 4.23. The van der Waals surface area contributed by atoms with Crippen LogP contribution < -0.4 is 5.32 Å². The third-order valence-corrected chi connectivity index (χ3v) is 6.96. The van der Waals surface area contributed by atoms with Crippen molar-refractivity contribution < 1.29 is 24.2 Å². The lowest BCUT2D eigenvalue weighted by atomic mass is 9.96. The standard InChI is InChI=1S/C27H34N2O5/c1-6-17(2)15-23(24(30)29(5)27(3,4)25(31)32)28-26(33)34-16-22-20-13-9-7-11-18(20)19-12-8-10-14-21(19)22/h7-14,17,22-23H,6,15-16H2,1-5H3,(H,28,33)(H,31,32). The van der Waals surface area contributed by atoms with Crippen molar-refractivity contribution in [3.8, 4) is 11.1 Å². The van der Waals surface area contributed by atoms with Crippen LogP contribution >= 0.6 is 0 Å². The number of aliphatic carboxylic acids is 1. The van der Waals surface area contributed by atoms with Gasteiger partial charge in [0.05, 0.1) is 0 Å². The van der Waals surface area contributed by atoms with E-state index in [9.17, 15) is 19.5 Å². The summed E-state index contributed by atoms with van der Waals surface area (Å²) in [5.74, 6) is -1.51. The van der Waals surface area contributed by atoms with E-state index in [-0.39, 0.29) is 18.4 Å². The third kappa shape index (κ3) is 5.08. The molecule has 2 aromatic carbocycles. The van der Waals surface area contributed by atoms with Gasteiger partial charge in [-0.15, -0.1) is 0 Å². The van der Waals surface area contributed by atoms with E-state index in [1.807, 2.05) is 50.2 Å². The highest BCUT2D eigenvalue weighted by Gasteiger charge is 2.39. The maximum Gasteiger partial charge on any atom is 0.407 e. The molecule has 34 heavy (non-hydrogen) atoms. The molecule has 2 unspecified atom stereocenters. The number of ether oxygens (including phenoxy) is 1. The van der Waals surface area contributed by atoms with E-state index in [1.165, 1.54) is 25.8 Å². The van der Waals surface area contributed by atoms with Gasteiger partial charge in [-0.05, 0) is 48.4 Å². The highest BCUT2D eigenvalue weighted by Crippen LogP contribution is 2.44. The lowest BCUT2D eigenvalue weighted by Crippen LogP contribution is -2.57. The summed E-state index contributed by atoms with van der Waals surface area (Å²) in [5.41, 5.74) is 3.07. The number of carboxylic acid groups (broad SMARTS) is 1. The van der Waals surface area contributed by atoms with Gasteiger partial charge < -0.3 is 20.1 Å². The first-order chi connectivity index (χ1) is 16.1. The molecule has 0 aliphatic heterocycles. The van der Waals surface area contributed by atoms with Crippen LogP contribution in [0.3, 0.4) is 0 Å². The topological polar surface area (TPSA) is 95.9 Å². The Hall–Kier alpha value is -3.35. The molecule has 2 N–H and O–H groups in total. The number of alkyl carbamates (subject to hydrolysis) is 1. The summed E-state index contributed by atoms with van der Waals surface area (Å²) in [6, 6.07) is 15.3. The largest absolute Gasteiger partial charge is 0.480 e. The van der Waals surface area contributed by atoms with Crippen LogP contribution in [0.2, 0.25) is 0 Å². The second kappa shape index (κ2) is 10.3. The Balaban J connectivity index is 1.73. The summed E-state index contributed by atoms with van der Waals surface area (Å²) >= 11 is 0. The zero-order valence-electron chi connectivity index (χ0n) is 20.5. The highest BCUT2D eigenvalue weighted by molar-refractivity contribution is 5.90. The molecule has 0 fully saturated rings. The van der Waals surface area contributed by atoms with E-state index in [2.05, 4.69) is 17.4 Å². The summed E-state index contributed by atoms with van der Waals surface area (Å²) in [4.78, 5) is 38.8. The van der Waals surface area contributed by atoms with Crippen LogP contribution in [0, 0.1) is 5.92 Å². The number of fused-ring (bicyclic) bond motifs is 3. The number of carbonyl (C=O) groups excluding carboxylic acids is 2. The van der Waals surface area contributed by atoms with Crippen LogP contribution in [0.15, 0.2) is 48.5 Å². The first-order valence-electron chi connectivity index (χ1n) is 11.7. The quantitative estimate of drug-likeness (QED) is 0.561. The van der Waals surface area contributed by atoms with Gasteiger partial charge in [-0.3, -0.25) is 4.79 Å². The van der Waals surface area contributed by atoms with Gasteiger partial charge in [-0.1, -0.05) is 68.8 Å². The summed E-state index contributed by atoms with van der Waals surface area (Å²) in [7, 11) is 1.44. The fraction of sp³-hybridized carbons (Fsp3) is 0.444. The second-order valence-corrected chi connectivity index (χ2v) is 9.53. The first-order valence-corrected chi connectivity index (χ1v) is 11.7. The van der Waals surface area contributed by atoms with Crippen molar-refractivity contribution in [2.24, 2.45) is 5.92 Å². The predicted molar refractivity (Wildman–Crippen MR) is 131 cm³/mol. The van der Waals surface area contributed by atoms with Crippen molar-refractivity contribution in [3.63, 3.8) is 0 Å². The molecule has 0 saturated carbocycles. The van der Waals surface area contributed by atoms with Crippen molar-refractivity contribution in [1.29, 1.82) is 0 Å². The Bertz CT molecular complexity index is 1020. The van der Waals surface area contributed by atoms with Crippen molar-refractivity contribution >= 4 is 18.0 Å². The number of hydrogen-bond acceptors (Lipinski definition) is 4. The molecule has 2 aromatic rings. The molecule has 0 aromatic heterocycles. The van der Waals surface area contributed by atoms with Gasteiger partial charge in [-0.2, -0.15) is 0 Å². The molecule has 0 bridgehead atoms. The van der Waals surface area contributed by atoms with Crippen LogP contribution in [-0.2, 0) is 14.3 Å². The number of nitrogens with one attached hydrogen (secondary N) is 1. The SMILES string of the molecule is CCC(C)CC(NC(=O)OCC1c2ccccc2-c2ccccc21)C(=O)N(C)C(C)(C)C(=O)O. The minimum atomic E-state index is -1.41. The Kier molecular flexibility index (Phi) is 7.64. The van der Waals surface area contributed by atoms with Gasteiger partial charge >= 0.3 is 12.1 Å². The molecule has 182 valence electrons. The maximum absolute atomic E-state index is 13.2. The average Bonchev–Trinajstić information content (AvgIpc) is 3.14. The van der Waals surface area contributed by atoms with Gasteiger partial charge in [-0.25, -0.2) is 9.59 Å². The molecule has 2 amide bonds. The molecule has 2 atom stereocenters. The molecule has 0 radical (unpaired) electrons. The van der Waals surface area contributed by atoms with Crippen LogP contribution in [0.4, 0.5) is 4.79 Å². The number of nitrogens with zero attached hydrogens (tertiary/aromatic N) is 1. The summed E-state index contributed by atoms with van der Waals surface area (Å²) in [6.45, 7) is 7.05. The van der Waals surface area contributed by atoms with Crippen molar-refractivity contribution in [3.05, 3.63) is 59.7 Å². The zero-order chi connectivity index (χ0) is 25.0. The number of hydrogen-bond donors (Lipinski definition) is 2. The van der Waals surface area contributed by atoms with Crippen LogP contribution in [0.1, 0.15) is 57.6 Å². The number of carboxylic acids is 1. The zero-order valence-corrected chi connectivity index (χ0v) is 20.5. The van der Waals surface area contributed by atoms with Crippen molar-refractivity contribution in [2.75, 3.05) is 13.7 Å². The fourth-order valence-electron chi connectivity index (χ4n) is 4.23. The molecule has 1 aliphatic rings. The van der Waals surface area contributed by atoms with Gasteiger partial charge in [0.2, 0.25) is 5.91 Å². The van der Waals surface area contributed by atoms with Crippen LogP contribution in [0.5, 0.6) is 0 Å². The molecular formula is C27H34N2O5. The number of rotatable bonds is 9. The van der Waals surface area contributed by atoms with Crippen LogP contribution in [-0.4, -0.2) is 53.2 Å². The normalized spacial score (nSPS) is 14.5. The van der Waals surface area contributed by atoms with E-state index in [0.29, 0.717) is 6.42 Å². The van der Waals surface area contributed by atoms with Gasteiger partial charge in [0.25, 0.3) is 0 Å². The number of carbonyl (C=O) groups is 3. The Morgan fingerprint density at radius 2 is 1.59 bits per heavy atom. The van der Waals surface area contributed by atoms with Crippen LogP contribution in [0.25, 0.3) is 11.1 Å².